The Balaban J connectivity index is 2.63. The van der Waals surface area contributed by atoms with E-state index < -0.39 is 0 Å². The van der Waals surface area contributed by atoms with Crippen molar-refractivity contribution in [2.45, 2.75) is 0 Å². The summed E-state index contributed by atoms with van der Waals surface area (Å²) < 4.78 is 2.86. The maximum Gasteiger partial charge on any atom is 0.0687 e. The molecule has 1 rings (SSSR count). The van der Waals surface area contributed by atoms with E-state index in [2.05, 4.69) is 23.3 Å². The van der Waals surface area contributed by atoms with Crippen LogP contribution in [0.15, 0.2) is 19.3 Å². The summed E-state index contributed by atoms with van der Waals surface area (Å²) in [5, 5.41) is 4.26. The second-order valence-electron chi connectivity index (χ2n) is 1.49. The van der Waals surface area contributed by atoms with Crippen LogP contribution in [0.3, 0.4) is 0 Å². The van der Waals surface area contributed by atoms with Crippen molar-refractivity contribution >= 4 is 47.0 Å². The van der Waals surface area contributed by atoms with Gasteiger partial charge in [0.1, 0.15) is 0 Å². The molecule has 0 saturated heterocycles. The Kier molecular flexibility index (Phi) is 4.21. The van der Waals surface area contributed by atoms with Crippen molar-refractivity contribution in [3.05, 3.63) is 19.3 Å². The first-order chi connectivity index (χ1) is 4.88. The summed E-state index contributed by atoms with van der Waals surface area (Å²) in [6.07, 6.45) is 4.25. The third kappa shape index (κ3) is 2.19. The molecule has 0 amide bonds. The van der Waals surface area contributed by atoms with Crippen LogP contribution < -0.4 is 0 Å². The predicted octanol–water partition coefficient (Wildman–Crippen LogP) is 3.79. The first-order valence-electron chi connectivity index (χ1n) is 2.69. The zero-order chi connectivity index (χ0) is 7.40. The van der Waals surface area contributed by atoms with Crippen molar-refractivity contribution in [2.24, 2.45) is 0 Å². The molecule has 4 heteroatoms. The van der Waals surface area contributed by atoms with Crippen molar-refractivity contribution in [2.75, 3.05) is 12.5 Å². The average molecular weight is 208 g/mol. The molecular formula is C6H8S4. The van der Waals surface area contributed by atoms with Gasteiger partial charge in [-0.05, 0) is 23.3 Å². The van der Waals surface area contributed by atoms with Gasteiger partial charge in [-0.2, -0.15) is 0 Å². The zero-order valence-electron chi connectivity index (χ0n) is 5.79. The molecule has 56 valence electrons. The highest BCUT2D eigenvalue weighted by molar-refractivity contribution is 8.31. The molecule has 0 aromatic carbocycles. The van der Waals surface area contributed by atoms with Crippen molar-refractivity contribution in [3.63, 3.8) is 0 Å². The van der Waals surface area contributed by atoms with Gasteiger partial charge in [0, 0.05) is 0 Å². The molecule has 10 heavy (non-hydrogen) atoms. The third-order valence-corrected chi connectivity index (χ3v) is 5.74. The minimum atomic E-state index is 1.43. The van der Waals surface area contributed by atoms with Gasteiger partial charge in [-0.1, -0.05) is 23.5 Å². The van der Waals surface area contributed by atoms with E-state index in [1.54, 1.807) is 0 Å². The number of hydrogen-bond donors (Lipinski definition) is 0. The van der Waals surface area contributed by atoms with Crippen LogP contribution >= 0.6 is 47.0 Å². The Morgan fingerprint density at radius 1 is 1.20 bits per heavy atom. The summed E-state index contributed by atoms with van der Waals surface area (Å²) in [5.74, 6) is 0. The van der Waals surface area contributed by atoms with Gasteiger partial charge >= 0.3 is 0 Å². The Bertz CT molecular complexity index is 155. The van der Waals surface area contributed by atoms with Crippen LogP contribution in [0.5, 0.6) is 0 Å². The van der Waals surface area contributed by atoms with E-state index in [4.69, 9.17) is 0 Å². The first-order valence-corrected chi connectivity index (χ1v) is 6.90. The Hall–Kier alpha value is 0.880. The fourth-order valence-electron chi connectivity index (χ4n) is 0.553. The Morgan fingerprint density at radius 3 is 2.10 bits per heavy atom. The molecule has 1 aliphatic heterocycles. The summed E-state index contributed by atoms with van der Waals surface area (Å²) in [6, 6.07) is 0. The van der Waals surface area contributed by atoms with Gasteiger partial charge in [0.15, 0.2) is 0 Å². The van der Waals surface area contributed by atoms with Crippen LogP contribution in [0.25, 0.3) is 0 Å². The van der Waals surface area contributed by atoms with Crippen LogP contribution in [-0.4, -0.2) is 12.5 Å². The van der Waals surface area contributed by atoms with E-state index in [1.165, 1.54) is 8.47 Å². The first kappa shape index (κ1) is 8.97. The van der Waals surface area contributed by atoms with E-state index in [0.29, 0.717) is 0 Å². The van der Waals surface area contributed by atoms with E-state index in [1.807, 2.05) is 47.0 Å². The maximum atomic E-state index is 2.13. The van der Waals surface area contributed by atoms with Crippen LogP contribution in [-0.2, 0) is 0 Å². The number of hydrogen-bond acceptors (Lipinski definition) is 4. The van der Waals surface area contributed by atoms with Gasteiger partial charge in [0.2, 0.25) is 0 Å². The van der Waals surface area contributed by atoms with E-state index in [-0.39, 0.29) is 0 Å². The lowest BCUT2D eigenvalue weighted by Crippen LogP contribution is -1.68. The highest BCUT2D eigenvalue weighted by atomic mass is 32.2. The number of rotatable bonds is 2. The van der Waals surface area contributed by atoms with Crippen molar-refractivity contribution < 1.29 is 0 Å². The van der Waals surface area contributed by atoms with Gasteiger partial charge in [-0.25, -0.2) is 0 Å². The third-order valence-electron chi connectivity index (χ3n) is 0.943. The molecule has 0 N–H and O–H groups in total. The largest absolute Gasteiger partial charge is 0.121 e. The molecule has 0 fully saturated rings. The lowest BCUT2D eigenvalue weighted by Gasteiger charge is -2.01. The van der Waals surface area contributed by atoms with Gasteiger partial charge in [-0.3, -0.25) is 0 Å². The summed E-state index contributed by atoms with van der Waals surface area (Å²) in [7, 11) is 0. The number of thioether (sulfide) groups is 4. The molecule has 0 saturated carbocycles. The molecule has 0 radical (unpaired) electrons. The summed E-state index contributed by atoms with van der Waals surface area (Å²) in [4.78, 5) is 0. The molecule has 0 nitrogen and oxygen atoms in total. The summed E-state index contributed by atoms with van der Waals surface area (Å²) >= 11 is 7.30. The van der Waals surface area contributed by atoms with Gasteiger partial charge < -0.3 is 0 Å². The zero-order valence-corrected chi connectivity index (χ0v) is 9.05. The molecule has 0 aliphatic carbocycles. The van der Waals surface area contributed by atoms with Crippen LogP contribution in [0, 0.1) is 0 Å². The lowest BCUT2D eigenvalue weighted by molar-refractivity contribution is 2.28. The highest BCUT2D eigenvalue weighted by Gasteiger charge is 2.07. The smallest absolute Gasteiger partial charge is 0.0687 e. The van der Waals surface area contributed by atoms with Crippen molar-refractivity contribution in [1.82, 2.24) is 0 Å². The standard InChI is InChI=1S/C6H8S4/c1-7-5(8-2)6-9-3-4-10-6/h3-4H,1-2H3. The van der Waals surface area contributed by atoms with E-state index >= 15 is 0 Å². The molecule has 1 heterocycles. The quantitative estimate of drug-likeness (QED) is 0.677. The fourth-order valence-corrected chi connectivity index (χ4v) is 4.57. The molecule has 0 spiro atoms. The molecule has 0 unspecified atom stereocenters. The lowest BCUT2D eigenvalue weighted by atomic mass is 11.2. The predicted molar refractivity (Wildman–Crippen MR) is 58.4 cm³/mol. The van der Waals surface area contributed by atoms with Crippen molar-refractivity contribution in [3.8, 4) is 0 Å². The topological polar surface area (TPSA) is 0 Å². The van der Waals surface area contributed by atoms with Gasteiger partial charge in [0.05, 0.1) is 8.47 Å². The molecule has 0 bridgehead atoms. The van der Waals surface area contributed by atoms with Crippen LogP contribution in [0.4, 0.5) is 0 Å². The van der Waals surface area contributed by atoms with Gasteiger partial charge in [-0.15, -0.1) is 23.5 Å². The van der Waals surface area contributed by atoms with Crippen LogP contribution in [0.2, 0.25) is 0 Å². The van der Waals surface area contributed by atoms with Gasteiger partial charge in [0.25, 0.3) is 0 Å². The Labute approximate surface area is 78.7 Å². The normalized spacial score (nSPS) is 16.4. The average Bonchev–Trinajstić information content (AvgIpc) is 2.43. The second-order valence-corrected chi connectivity index (χ2v) is 5.47. The minimum absolute atomic E-state index is 1.43. The van der Waals surface area contributed by atoms with E-state index in [9.17, 15) is 0 Å². The summed E-state index contributed by atoms with van der Waals surface area (Å²) in [6.45, 7) is 0. The molecular weight excluding hydrogens is 200 g/mol. The van der Waals surface area contributed by atoms with E-state index in [0.717, 1.165) is 0 Å². The van der Waals surface area contributed by atoms with Crippen molar-refractivity contribution in [1.29, 1.82) is 0 Å². The molecule has 1 aliphatic rings. The minimum Gasteiger partial charge on any atom is -0.121 e. The maximum absolute atomic E-state index is 2.13. The second kappa shape index (κ2) is 4.70. The Morgan fingerprint density at radius 2 is 1.70 bits per heavy atom. The fraction of sp³-hybridized carbons (Fsp3) is 0.333. The van der Waals surface area contributed by atoms with Crippen LogP contribution in [0.1, 0.15) is 0 Å². The highest BCUT2D eigenvalue weighted by Crippen LogP contribution is 2.45. The molecule has 0 atom stereocenters. The molecule has 0 aromatic rings. The molecule has 0 aromatic heterocycles. The monoisotopic (exact) mass is 208 g/mol. The summed E-state index contributed by atoms with van der Waals surface area (Å²) in [5.41, 5.74) is 0. The SMILES string of the molecule is CSC(SC)=C1SC=CS1.